The van der Waals surface area contributed by atoms with Crippen molar-refractivity contribution in [1.82, 2.24) is 10.2 Å². The van der Waals surface area contributed by atoms with Crippen LogP contribution in [0.3, 0.4) is 0 Å². The molecule has 0 aromatic heterocycles. The van der Waals surface area contributed by atoms with Crippen molar-refractivity contribution >= 4 is 48.0 Å². The van der Waals surface area contributed by atoms with Crippen LogP contribution >= 0.6 is 11.6 Å². The number of nitrogens with one attached hydrogen (secondary N) is 1. The number of nitrogens with zero attached hydrogens (tertiary/aromatic N) is 3. The molecular formula is C46H58ClN5O7. The maximum absolute atomic E-state index is 13.2. The minimum Gasteiger partial charge on any atom is -0.494 e. The van der Waals surface area contributed by atoms with Crippen molar-refractivity contribution in [1.29, 1.82) is 5.26 Å². The Balaban J connectivity index is 0.000000320. The topological polar surface area (TPSA) is 172 Å². The van der Waals surface area contributed by atoms with Crippen molar-refractivity contribution in [3.63, 3.8) is 0 Å². The lowest BCUT2D eigenvalue weighted by Crippen LogP contribution is -2.62. The number of amides is 2. The van der Waals surface area contributed by atoms with Crippen molar-refractivity contribution in [2.45, 2.75) is 78.4 Å². The van der Waals surface area contributed by atoms with Gasteiger partial charge < -0.3 is 35.1 Å². The monoisotopic (exact) mass is 827 g/mol. The molecule has 1 aliphatic heterocycles. The normalized spacial score (nSPS) is 18.2. The molecule has 0 radical (unpaired) electrons. The summed E-state index contributed by atoms with van der Waals surface area (Å²) in [5.74, 6) is 0.946. The minimum absolute atomic E-state index is 0.133. The average Bonchev–Trinajstić information content (AvgIpc) is 3.20. The zero-order valence-electron chi connectivity index (χ0n) is 35.3. The molecule has 316 valence electrons. The van der Waals surface area contributed by atoms with Gasteiger partial charge in [-0.2, -0.15) is 5.26 Å². The minimum atomic E-state index is -0.833. The van der Waals surface area contributed by atoms with Gasteiger partial charge >= 0.3 is 0 Å². The number of ether oxygens (including phenoxy) is 2. The molecule has 3 aliphatic rings. The van der Waals surface area contributed by atoms with Crippen molar-refractivity contribution in [2.75, 3.05) is 45.7 Å². The maximum Gasteiger partial charge on any atom is 0.255 e. The van der Waals surface area contributed by atoms with Gasteiger partial charge in [0.1, 0.15) is 42.3 Å². The second kappa shape index (κ2) is 20.1. The smallest absolute Gasteiger partial charge is 0.255 e. The number of aldehydes is 3. The Hall–Kier alpha value is -5.25. The first-order valence-corrected chi connectivity index (χ1v) is 20.4. The largest absolute Gasteiger partial charge is 0.494 e. The Morgan fingerprint density at radius 2 is 1.63 bits per heavy atom. The van der Waals surface area contributed by atoms with Gasteiger partial charge in [-0.25, -0.2) is 0 Å². The highest BCUT2D eigenvalue weighted by Crippen LogP contribution is 2.56. The van der Waals surface area contributed by atoms with Gasteiger partial charge in [0.15, 0.2) is 6.29 Å². The fraction of sp³-hybridized carbons (Fsp3) is 0.478. The quantitative estimate of drug-likeness (QED) is 0.150. The van der Waals surface area contributed by atoms with Crippen LogP contribution in [-0.4, -0.2) is 88.6 Å². The van der Waals surface area contributed by atoms with E-state index in [4.69, 9.17) is 26.3 Å². The molecule has 3 N–H and O–H groups in total. The molecule has 3 aromatic rings. The van der Waals surface area contributed by atoms with E-state index in [1.807, 2.05) is 36.4 Å². The highest BCUT2D eigenvalue weighted by molar-refractivity contribution is 6.31. The molecule has 1 heterocycles. The number of rotatable bonds is 15. The van der Waals surface area contributed by atoms with E-state index in [0.29, 0.717) is 52.4 Å². The summed E-state index contributed by atoms with van der Waals surface area (Å²) in [5, 5.41) is 11.8. The van der Waals surface area contributed by atoms with Gasteiger partial charge in [0.25, 0.3) is 5.91 Å². The molecule has 6 rings (SSSR count). The number of hydrogen-bond donors (Lipinski definition) is 2. The maximum atomic E-state index is 13.2. The summed E-state index contributed by atoms with van der Waals surface area (Å²) >= 11 is 6.01. The lowest BCUT2D eigenvalue weighted by atomic mass is 9.53. The number of anilines is 1. The average molecular weight is 828 g/mol. The molecule has 1 atom stereocenters. The molecule has 3 aromatic carbocycles. The Kier molecular flexibility index (Phi) is 15.9. The zero-order valence-corrected chi connectivity index (χ0v) is 36.0. The molecular weight excluding hydrogens is 770 g/mol. The first kappa shape index (κ1) is 46.4. The zero-order chi connectivity index (χ0) is 43.5. The van der Waals surface area contributed by atoms with Crippen molar-refractivity contribution in [3.05, 3.63) is 87.9 Å². The predicted molar refractivity (Wildman–Crippen MR) is 229 cm³/mol. The summed E-state index contributed by atoms with van der Waals surface area (Å²) in [6, 6.07) is 18.9. The lowest BCUT2D eigenvalue weighted by molar-refractivity contribution is -0.133. The third kappa shape index (κ3) is 11.1. The number of hydrogen-bond acceptors (Lipinski definition) is 10. The van der Waals surface area contributed by atoms with E-state index in [9.17, 15) is 24.0 Å². The van der Waals surface area contributed by atoms with Gasteiger partial charge in [0.2, 0.25) is 5.91 Å². The molecule has 1 spiro atoms. The molecule has 13 heteroatoms. The van der Waals surface area contributed by atoms with Gasteiger partial charge in [0, 0.05) is 72.7 Å². The Morgan fingerprint density at radius 1 is 0.983 bits per heavy atom. The first-order valence-electron chi connectivity index (χ1n) is 20.0. The standard InChI is InChI=1S/C30H35N3O6.C15H18ClNO.CH5N/c1-31-28(37)27(4-3-12-34)32(2)29(38)26-14-25(10-7-23(26)18-36)39-13-11-22-15-30(16-22)19-33(20-30)24-8-5-21(17-35)6-9-24;1-14(2)9-15(3,4)13(14)18-11-6-5-10(8-17)12(16)7-11;1-2/h5-10,12,14,17-18,22,27H,3-4,11,13,15-16,19-20H2,1-2H3,(H,31,37);5-7,13H,9H2,1-4H3;2H2,1H3. The van der Waals surface area contributed by atoms with E-state index in [1.165, 1.54) is 26.0 Å². The molecule has 2 aliphatic carbocycles. The number of benzene rings is 3. The van der Waals surface area contributed by atoms with Gasteiger partial charge in [-0.1, -0.05) is 39.3 Å². The molecule has 2 amide bonds. The summed E-state index contributed by atoms with van der Waals surface area (Å²) in [5.41, 5.74) is 7.92. The lowest BCUT2D eigenvalue weighted by Gasteiger charge is -2.60. The van der Waals surface area contributed by atoms with Gasteiger partial charge in [-0.3, -0.25) is 19.2 Å². The Morgan fingerprint density at radius 3 is 2.17 bits per heavy atom. The van der Waals surface area contributed by atoms with Crippen LogP contribution in [-0.2, 0) is 9.59 Å². The van der Waals surface area contributed by atoms with E-state index in [0.717, 1.165) is 56.5 Å². The van der Waals surface area contributed by atoms with Crippen LogP contribution in [0.5, 0.6) is 11.5 Å². The highest BCUT2D eigenvalue weighted by atomic mass is 35.5. The van der Waals surface area contributed by atoms with E-state index in [-0.39, 0.29) is 46.8 Å². The molecule has 0 bridgehead atoms. The molecule has 3 fully saturated rings. The molecule has 1 unspecified atom stereocenters. The molecule has 2 saturated carbocycles. The summed E-state index contributed by atoms with van der Waals surface area (Å²) in [7, 11) is 4.46. The number of halogens is 1. The summed E-state index contributed by atoms with van der Waals surface area (Å²) in [4.78, 5) is 62.5. The van der Waals surface area contributed by atoms with Crippen LogP contribution in [0.2, 0.25) is 5.02 Å². The van der Waals surface area contributed by atoms with E-state index >= 15 is 0 Å². The molecule has 1 saturated heterocycles. The van der Waals surface area contributed by atoms with Gasteiger partial charge in [-0.15, -0.1) is 0 Å². The number of likely N-dealkylation sites (N-methyl/N-ethyl adjacent to an activating group) is 2. The van der Waals surface area contributed by atoms with Crippen LogP contribution in [0.4, 0.5) is 5.69 Å². The first-order chi connectivity index (χ1) is 28.1. The predicted octanol–water partition coefficient (Wildman–Crippen LogP) is 7.15. The van der Waals surface area contributed by atoms with Gasteiger partial charge in [-0.05, 0) is 99.7 Å². The SMILES string of the molecule is CC1(C)CC(C)(C)C1Oc1ccc(C#N)c(Cl)c1.CN.CNC(=O)C(CCC=O)N(C)C(=O)c1cc(OCCC2CC3(C2)CN(c2ccc(C=O)cc2)C3)ccc1C=O. The third-order valence-electron chi connectivity index (χ3n) is 11.6. The van der Waals surface area contributed by atoms with Crippen LogP contribution in [0.15, 0.2) is 60.7 Å². The Labute approximate surface area is 353 Å². The van der Waals surface area contributed by atoms with Crippen molar-refractivity contribution in [2.24, 2.45) is 27.9 Å². The second-order valence-corrected chi connectivity index (χ2v) is 17.4. The van der Waals surface area contributed by atoms with Crippen LogP contribution in [0, 0.1) is 33.5 Å². The summed E-state index contributed by atoms with van der Waals surface area (Å²) in [6.07, 6.45) is 7.02. The van der Waals surface area contributed by atoms with Gasteiger partial charge in [0.05, 0.1) is 22.8 Å². The van der Waals surface area contributed by atoms with Crippen LogP contribution in [0.1, 0.15) is 103 Å². The van der Waals surface area contributed by atoms with Crippen LogP contribution < -0.4 is 25.4 Å². The number of carbonyl (C=O) groups is 5. The highest BCUT2D eigenvalue weighted by Gasteiger charge is 2.55. The number of nitrogens with two attached hydrogens (primary N) is 1. The number of nitriles is 1. The molecule has 12 nitrogen and oxygen atoms in total. The summed E-state index contributed by atoms with van der Waals surface area (Å²) < 4.78 is 12.0. The van der Waals surface area contributed by atoms with Crippen molar-refractivity contribution in [3.8, 4) is 17.6 Å². The van der Waals surface area contributed by atoms with E-state index in [1.54, 1.807) is 30.3 Å². The third-order valence-corrected chi connectivity index (χ3v) is 11.9. The van der Waals surface area contributed by atoms with E-state index < -0.39 is 11.9 Å². The van der Waals surface area contributed by atoms with Crippen molar-refractivity contribution < 1.29 is 33.4 Å². The number of carbonyl (C=O) groups excluding carboxylic acids is 5. The van der Waals surface area contributed by atoms with E-state index in [2.05, 4.69) is 43.6 Å². The van der Waals surface area contributed by atoms with Crippen LogP contribution in [0.25, 0.3) is 0 Å². The second-order valence-electron chi connectivity index (χ2n) is 17.0. The Bertz CT molecular complexity index is 1980. The fourth-order valence-electron chi connectivity index (χ4n) is 9.22. The summed E-state index contributed by atoms with van der Waals surface area (Å²) in [6.45, 7) is 11.4. The molecule has 59 heavy (non-hydrogen) atoms. The fourth-order valence-corrected chi connectivity index (χ4v) is 9.43.